The summed E-state index contributed by atoms with van der Waals surface area (Å²) in [4.78, 5) is 2.00. The van der Waals surface area contributed by atoms with Gasteiger partial charge < -0.3 is 15.3 Å². The second-order valence-corrected chi connectivity index (χ2v) is 4.30. The zero-order valence-corrected chi connectivity index (χ0v) is 10.4. The minimum absolute atomic E-state index is 0.280. The number of hydrogen-bond donors (Lipinski definition) is 2. The van der Waals surface area contributed by atoms with Gasteiger partial charge in [-0.3, -0.25) is 0 Å². The largest absolute Gasteiger partial charge is 0.390 e. The van der Waals surface area contributed by atoms with E-state index in [9.17, 15) is 5.11 Å². The molecule has 0 radical (unpaired) electrons. The van der Waals surface area contributed by atoms with Crippen LogP contribution in [0.2, 0.25) is 0 Å². The van der Waals surface area contributed by atoms with Gasteiger partial charge in [-0.15, -0.1) is 6.58 Å². The van der Waals surface area contributed by atoms with Crippen molar-refractivity contribution in [3.63, 3.8) is 0 Å². The predicted octanol–water partition coefficient (Wildman–Crippen LogP) is 1.24. The van der Waals surface area contributed by atoms with Crippen LogP contribution in [0, 0.1) is 0 Å². The van der Waals surface area contributed by atoms with Gasteiger partial charge in [-0.25, -0.2) is 0 Å². The first-order valence-corrected chi connectivity index (χ1v) is 5.77. The van der Waals surface area contributed by atoms with Crippen LogP contribution in [-0.4, -0.2) is 49.3 Å². The minimum Gasteiger partial charge on any atom is -0.390 e. The quantitative estimate of drug-likeness (QED) is 0.567. The lowest BCUT2D eigenvalue weighted by Gasteiger charge is -2.21. The van der Waals surface area contributed by atoms with Crippen molar-refractivity contribution < 1.29 is 5.11 Å². The normalized spacial score (nSPS) is 15.3. The van der Waals surface area contributed by atoms with Crippen LogP contribution in [0.5, 0.6) is 0 Å². The Labute approximate surface area is 94.2 Å². The van der Waals surface area contributed by atoms with Crippen LogP contribution in [0.3, 0.4) is 0 Å². The summed E-state index contributed by atoms with van der Waals surface area (Å²) in [6.07, 6.45) is 4.91. The Bertz CT molecular complexity index is 160. The second-order valence-electron chi connectivity index (χ2n) is 4.30. The van der Waals surface area contributed by atoms with Gasteiger partial charge in [0.1, 0.15) is 0 Å². The topological polar surface area (TPSA) is 35.5 Å². The van der Waals surface area contributed by atoms with Gasteiger partial charge >= 0.3 is 0 Å². The highest BCUT2D eigenvalue weighted by Gasteiger charge is 2.09. The van der Waals surface area contributed by atoms with Gasteiger partial charge in [-0.1, -0.05) is 13.0 Å². The molecule has 0 saturated carbocycles. The summed E-state index contributed by atoms with van der Waals surface area (Å²) >= 11 is 0. The molecule has 0 heterocycles. The van der Waals surface area contributed by atoms with Crippen LogP contribution >= 0.6 is 0 Å². The Hall–Kier alpha value is -0.380. The van der Waals surface area contributed by atoms with Crippen molar-refractivity contribution >= 4 is 0 Å². The van der Waals surface area contributed by atoms with Crippen LogP contribution in [0.4, 0.5) is 0 Å². The molecule has 0 aliphatic carbocycles. The zero-order chi connectivity index (χ0) is 11.7. The highest BCUT2D eigenvalue weighted by Crippen LogP contribution is 2.02. The molecule has 0 saturated heterocycles. The summed E-state index contributed by atoms with van der Waals surface area (Å²) in [5.74, 6) is 0. The standard InChI is InChI=1S/C12H26N2O/c1-5-7-8-11(6-2)13-9-12(15)10-14(3)4/h5,11-13,15H,1,6-10H2,2-4H3. The molecule has 0 aliphatic rings. The van der Waals surface area contributed by atoms with E-state index in [-0.39, 0.29) is 6.10 Å². The van der Waals surface area contributed by atoms with Crippen molar-refractivity contribution in [2.45, 2.75) is 38.3 Å². The van der Waals surface area contributed by atoms with E-state index >= 15 is 0 Å². The van der Waals surface area contributed by atoms with E-state index in [4.69, 9.17) is 0 Å². The summed E-state index contributed by atoms with van der Waals surface area (Å²) in [5, 5.41) is 13.0. The van der Waals surface area contributed by atoms with E-state index in [1.54, 1.807) is 0 Å². The predicted molar refractivity (Wildman–Crippen MR) is 66.1 cm³/mol. The molecule has 0 aromatic rings. The summed E-state index contributed by atoms with van der Waals surface area (Å²) < 4.78 is 0. The number of nitrogens with one attached hydrogen (secondary N) is 1. The highest BCUT2D eigenvalue weighted by molar-refractivity contribution is 4.74. The molecular formula is C12H26N2O. The molecule has 0 aromatic carbocycles. The van der Waals surface area contributed by atoms with Crippen molar-refractivity contribution in [1.29, 1.82) is 0 Å². The van der Waals surface area contributed by atoms with Gasteiger partial charge in [0.2, 0.25) is 0 Å². The van der Waals surface area contributed by atoms with Gasteiger partial charge in [0.25, 0.3) is 0 Å². The third kappa shape index (κ3) is 8.60. The summed E-state index contributed by atoms with van der Waals surface area (Å²) in [7, 11) is 3.94. The number of aliphatic hydroxyl groups excluding tert-OH is 1. The van der Waals surface area contributed by atoms with Crippen LogP contribution in [-0.2, 0) is 0 Å². The SMILES string of the molecule is C=CCCC(CC)NCC(O)CN(C)C. The van der Waals surface area contributed by atoms with Crippen LogP contribution < -0.4 is 5.32 Å². The van der Waals surface area contributed by atoms with Gasteiger partial charge in [-0.2, -0.15) is 0 Å². The lowest BCUT2D eigenvalue weighted by molar-refractivity contribution is 0.130. The van der Waals surface area contributed by atoms with E-state index in [1.807, 2.05) is 25.1 Å². The van der Waals surface area contributed by atoms with Crippen LogP contribution in [0.25, 0.3) is 0 Å². The zero-order valence-electron chi connectivity index (χ0n) is 10.4. The van der Waals surface area contributed by atoms with E-state index in [0.29, 0.717) is 19.1 Å². The number of likely N-dealkylation sites (N-methyl/N-ethyl adjacent to an activating group) is 1. The number of rotatable bonds is 9. The van der Waals surface area contributed by atoms with E-state index in [0.717, 1.165) is 19.3 Å². The third-order valence-electron chi connectivity index (χ3n) is 2.43. The molecule has 3 heteroatoms. The van der Waals surface area contributed by atoms with Crippen molar-refractivity contribution in [2.75, 3.05) is 27.2 Å². The van der Waals surface area contributed by atoms with Gasteiger partial charge in [-0.05, 0) is 33.4 Å². The van der Waals surface area contributed by atoms with E-state index in [2.05, 4.69) is 18.8 Å². The van der Waals surface area contributed by atoms with Crippen LogP contribution in [0.15, 0.2) is 12.7 Å². The molecular weight excluding hydrogens is 188 g/mol. The Kier molecular flexibility index (Phi) is 8.67. The van der Waals surface area contributed by atoms with E-state index in [1.165, 1.54) is 0 Å². The average Bonchev–Trinajstić information content (AvgIpc) is 2.17. The maximum atomic E-state index is 9.67. The maximum absolute atomic E-state index is 9.67. The first kappa shape index (κ1) is 14.6. The molecule has 0 spiro atoms. The van der Waals surface area contributed by atoms with Gasteiger partial charge in [0.05, 0.1) is 6.10 Å². The molecule has 0 rings (SSSR count). The van der Waals surface area contributed by atoms with Gasteiger partial charge in [0.15, 0.2) is 0 Å². The molecule has 15 heavy (non-hydrogen) atoms. The Morgan fingerprint density at radius 1 is 1.47 bits per heavy atom. The second kappa shape index (κ2) is 8.89. The molecule has 3 nitrogen and oxygen atoms in total. The van der Waals surface area contributed by atoms with Crippen molar-refractivity contribution in [3.05, 3.63) is 12.7 Å². The molecule has 2 atom stereocenters. The average molecular weight is 214 g/mol. The summed E-state index contributed by atoms with van der Waals surface area (Å²) in [6, 6.07) is 0.500. The molecule has 90 valence electrons. The Balaban J connectivity index is 3.64. The fourth-order valence-corrected chi connectivity index (χ4v) is 1.56. The highest BCUT2D eigenvalue weighted by atomic mass is 16.3. The summed E-state index contributed by atoms with van der Waals surface area (Å²) in [6.45, 7) is 7.27. The molecule has 2 unspecified atom stereocenters. The van der Waals surface area contributed by atoms with E-state index < -0.39 is 0 Å². The molecule has 2 N–H and O–H groups in total. The molecule has 0 aromatic heterocycles. The van der Waals surface area contributed by atoms with Crippen molar-refractivity contribution in [2.24, 2.45) is 0 Å². The molecule has 0 aliphatic heterocycles. The summed E-state index contributed by atoms with van der Waals surface area (Å²) in [5.41, 5.74) is 0. The Morgan fingerprint density at radius 3 is 2.60 bits per heavy atom. The van der Waals surface area contributed by atoms with Crippen molar-refractivity contribution in [3.8, 4) is 0 Å². The monoisotopic (exact) mass is 214 g/mol. The lowest BCUT2D eigenvalue weighted by Crippen LogP contribution is -2.39. The number of allylic oxidation sites excluding steroid dienone is 1. The fourth-order valence-electron chi connectivity index (χ4n) is 1.56. The van der Waals surface area contributed by atoms with Crippen molar-refractivity contribution in [1.82, 2.24) is 10.2 Å². The molecule has 0 bridgehead atoms. The number of nitrogens with zero attached hydrogens (tertiary/aromatic N) is 1. The molecule has 0 amide bonds. The fraction of sp³-hybridized carbons (Fsp3) is 0.833. The van der Waals surface area contributed by atoms with Gasteiger partial charge in [0, 0.05) is 19.1 Å². The molecule has 0 fully saturated rings. The maximum Gasteiger partial charge on any atom is 0.0791 e. The van der Waals surface area contributed by atoms with Crippen LogP contribution in [0.1, 0.15) is 26.2 Å². The number of hydrogen-bond acceptors (Lipinski definition) is 3. The smallest absolute Gasteiger partial charge is 0.0791 e. The third-order valence-corrected chi connectivity index (χ3v) is 2.43. The lowest BCUT2D eigenvalue weighted by atomic mass is 10.1. The first-order chi connectivity index (χ1) is 7.10. The first-order valence-electron chi connectivity index (χ1n) is 5.77. The Morgan fingerprint density at radius 2 is 2.13 bits per heavy atom. The minimum atomic E-state index is -0.280. The number of aliphatic hydroxyl groups is 1.